The Labute approximate surface area is 107 Å². The molecule has 0 bridgehead atoms. The van der Waals surface area contributed by atoms with Crippen LogP contribution in [0.1, 0.15) is 24.8 Å². The van der Waals surface area contributed by atoms with Gasteiger partial charge in [0, 0.05) is 36.3 Å². The molecule has 0 radical (unpaired) electrons. The molecule has 1 heterocycles. The topological polar surface area (TPSA) is 48.0 Å². The molecular formula is C15H20N2O. The van der Waals surface area contributed by atoms with Crippen molar-refractivity contribution in [3.05, 3.63) is 36.0 Å². The van der Waals surface area contributed by atoms with Gasteiger partial charge in [-0.2, -0.15) is 0 Å². The van der Waals surface area contributed by atoms with Crippen molar-refractivity contribution in [1.82, 2.24) is 10.3 Å². The van der Waals surface area contributed by atoms with E-state index < -0.39 is 0 Å². The molecule has 3 N–H and O–H groups in total. The average molecular weight is 244 g/mol. The lowest BCUT2D eigenvalue weighted by atomic mass is 10.0. The molecule has 1 saturated carbocycles. The van der Waals surface area contributed by atoms with Crippen molar-refractivity contribution < 1.29 is 5.11 Å². The van der Waals surface area contributed by atoms with Crippen LogP contribution in [0, 0.1) is 5.92 Å². The molecule has 3 rings (SSSR count). The highest BCUT2D eigenvalue weighted by atomic mass is 16.3. The molecule has 2 unspecified atom stereocenters. The van der Waals surface area contributed by atoms with Crippen LogP contribution in [0.4, 0.5) is 0 Å². The quantitative estimate of drug-likeness (QED) is 0.773. The van der Waals surface area contributed by atoms with Gasteiger partial charge in [0.15, 0.2) is 0 Å². The second kappa shape index (κ2) is 5.12. The van der Waals surface area contributed by atoms with Crippen molar-refractivity contribution in [3.63, 3.8) is 0 Å². The van der Waals surface area contributed by atoms with Gasteiger partial charge in [-0.05, 0) is 30.4 Å². The number of fused-ring (bicyclic) bond motifs is 1. The molecule has 2 atom stereocenters. The number of para-hydroxylation sites is 1. The van der Waals surface area contributed by atoms with Crippen molar-refractivity contribution >= 4 is 10.9 Å². The highest BCUT2D eigenvalue weighted by molar-refractivity contribution is 5.82. The van der Waals surface area contributed by atoms with E-state index in [1.54, 1.807) is 0 Å². The van der Waals surface area contributed by atoms with Crippen molar-refractivity contribution in [2.75, 3.05) is 6.61 Å². The summed E-state index contributed by atoms with van der Waals surface area (Å²) in [4.78, 5) is 3.30. The summed E-state index contributed by atoms with van der Waals surface area (Å²) in [6.07, 6.45) is 5.66. The van der Waals surface area contributed by atoms with Gasteiger partial charge in [-0.1, -0.05) is 24.6 Å². The highest BCUT2D eigenvalue weighted by Crippen LogP contribution is 2.26. The summed E-state index contributed by atoms with van der Waals surface area (Å²) in [5.41, 5.74) is 2.51. The molecule has 3 nitrogen and oxygen atoms in total. The summed E-state index contributed by atoms with van der Waals surface area (Å²) < 4.78 is 0. The molecular weight excluding hydrogens is 224 g/mol. The second-order valence-electron chi connectivity index (χ2n) is 5.22. The summed E-state index contributed by atoms with van der Waals surface area (Å²) >= 11 is 0. The van der Waals surface area contributed by atoms with E-state index in [-0.39, 0.29) is 0 Å². The number of benzene rings is 1. The number of hydrogen-bond donors (Lipinski definition) is 3. The molecule has 1 aliphatic carbocycles. The predicted molar refractivity (Wildman–Crippen MR) is 73.4 cm³/mol. The fourth-order valence-electron chi connectivity index (χ4n) is 3.04. The number of nitrogens with one attached hydrogen (secondary N) is 2. The zero-order chi connectivity index (χ0) is 12.4. The fourth-order valence-corrected chi connectivity index (χ4v) is 3.04. The smallest absolute Gasteiger partial charge is 0.0474 e. The summed E-state index contributed by atoms with van der Waals surface area (Å²) in [6.45, 7) is 1.19. The molecule has 3 heteroatoms. The van der Waals surface area contributed by atoms with Crippen LogP contribution in [0.3, 0.4) is 0 Å². The Bertz CT molecular complexity index is 520. The van der Waals surface area contributed by atoms with E-state index in [0.717, 1.165) is 13.0 Å². The maximum atomic E-state index is 9.32. The van der Waals surface area contributed by atoms with E-state index in [4.69, 9.17) is 0 Å². The monoisotopic (exact) mass is 244 g/mol. The molecule has 1 aromatic heterocycles. The van der Waals surface area contributed by atoms with Gasteiger partial charge < -0.3 is 15.4 Å². The molecule has 0 aliphatic heterocycles. The van der Waals surface area contributed by atoms with Crippen LogP contribution >= 0.6 is 0 Å². The first-order chi connectivity index (χ1) is 8.88. The first-order valence-electron chi connectivity index (χ1n) is 6.77. The van der Waals surface area contributed by atoms with Crippen LogP contribution in [-0.2, 0) is 6.54 Å². The van der Waals surface area contributed by atoms with E-state index in [2.05, 4.69) is 40.8 Å². The van der Waals surface area contributed by atoms with Gasteiger partial charge in [0.25, 0.3) is 0 Å². The summed E-state index contributed by atoms with van der Waals surface area (Å²) in [7, 11) is 0. The lowest BCUT2D eigenvalue weighted by molar-refractivity contribution is 0.205. The number of aliphatic hydroxyl groups is 1. The Morgan fingerprint density at radius 3 is 3.06 bits per heavy atom. The standard InChI is InChI=1S/C15H20N2O/c18-10-11-4-3-7-14(11)16-8-12-9-17-15-6-2-1-5-13(12)15/h1-2,5-6,9,11,14,16-18H,3-4,7-8,10H2. The summed E-state index contributed by atoms with van der Waals surface area (Å²) in [5, 5.41) is 14.2. The van der Waals surface area contributed by atoms with E-state index in [9.17, 15) is 5.11 Å². The molecule has 1 fully saturated rings. The molecule has 0 spiro atoms. The first-order valence-corrected chi connectivity index (χ1v) is 6.77. The van der Waals surface area contributed by atoms with Crippen molar-refractivity contribution in [3.8, 4) is 0 Å². The average Bonchev–Trinajstić information content (AvgIpc) is 3.02. The minimum Gasteiger partial charge on any atom is -0.396 e. The number of H-pyrrole nitrogens is 1. The van der Waals surface area contributed by atoms with Crippen LogP contribution in [0.5, 0.6) is 0 Å². The Hall–Kier alpha value is -1.32. The Balaban J connectivity index is 1.69. The number of aromatic nitrogens is 1. The van der Waals surface area contributed by atoms with Crippen LogP contribution < -0.4 is 5.32 Å². The Morgan fingerprint density at radius 1 is 1.28 bits per heavy atom. The number of rotatable bonds is 4. The summed E-state index contributed by atoms with van der Waals surface area (Å²) in [5.74, 6) is 0.440. The molecule has 1 aliphatic rings. The van der Waals surface area contributed by atoms with Gasteiger partial charge in [-0.3, -0.25) is 0 Å². The number of aliphatic hydroxyl groups excluding tert-OH is 1. The van der Waals surface area contributed by atoms with E-state index >= 15 is 0 Å². The fraction of sp³-hybridized carbons (Fsp3) is 0.467. The largest absolute Gasteiger partial charge is 0.396 e. The lowest BCUT2D eigenvalue weighted by Gasteiger charge is -2.18. The highest BCUT2D eigenvalue weighted by Gasteiger charge is 2.25. The first kappa shape index (κ1) is 11.8. The minimum absolute atomic E-state index is 0.311. The second-order valence-corrected chi connectivity index (χ2v) is 5.22. The van der Waals surface area contributed by atoms with Crippen LogP contribution in [0.25, 0.3) is 10.9 Å². The van der Waals surface area contributed by atoms with Gasteiger partial charge in [0.2, 0.25) is 0 Å². The Morgan fingerprint density at radius 2 is 2.17 bits per heavy atom. The molecule has 0 amide bonds. The maximum absolute atomic E-state index is 9.32. The molecule has 0 saturated heterocycles. The van der Waals surface area contributed by atoms with E-state index in [1.165, 1.54) is 29.3 Å². The summed E-state index contributed by atoms with van der Waals surface area (Å²) in [6, 6.07) is 8.86. The lowest BCUT2D eigenvalue weighted by Crippen LogP contribution is -2.33. The van der Waals surface area contributed by atoms with Crippen molar-refractivity contribution in [2.24, 2.45) is 5.92 Å². The van der Waals surface area contributed by atoms with Crippen LogP contribution in [-0.4, -0.2) is 22.7 Å². The predicted octanol–water partition coefficient (Wildman–Crippen LogP) is 2.42. The number of aromatic amines is 1. The van der Waals surface area contributed by atoms with Crippen LogP contribution in [0.15, 0.2) is 30.5 Å². The molecule has 1 aromatic carbocycles. The SMILES string of the molecule is OCC1CCCC1NCc1c[nH]c2ccccc12. The third kappa shape index (κ3) is 2.16. The van der Waals surface area contributed by atoms with Crippen LogP contribution in [0.2, 0.25) is 0 Å². The molecule has 96 valence electrons. The minimum atomic E-state index is 0.311. The van der Waals surface area contributed by atoms with Gasteiger partial charge in [-0.15, -0.1) is 0 Å². The third-order valence-electron chi connectivity index (χ3n) is 4.12. The Kier molecular flexibility index (Phi) is 3.35. The van der Waals surface area contributed by atoms with Gasteiger partial charge >= 0.3 is 0 Å². The molecule has 18 heavy (non-hydrogen) atoms. The normalized spacial score (nSPS) is 23.8. The van der Waals surface area contributed by atoms with E-state index in [0.29, 0.717) is 18.6 Å². The zero-order valence-electron chi connectivity index (χ0n) is 10.5. The van der Waals surface area contributed by atoms with Crippen molar-refractivity contribution in [1.29, 1.82) is 0 Å². The number of hydrogen-bond acceptors (Lipinski definition) is 2. The van der Waals surface area contributed by atoms with E-state index in [1.807, 2.05) is 0 Å². The molecule has 2 aromatic rings. The van der Waals surface area contributed by atoms with Gasteiger partial charge in [0.05, 0.1) is 0 Å². The zero-order valence-corrected chi connectivity index (χ0v) is 10.5. The maximum Gasteiger partial charge on any atom is 0.0474 e. The third-order valence-corrected chi connectivity index (χ3v) is 4.12. The van der Waals surface area contributed by atoms with Gasteiger partial charge in [-0.25, -0.2) is 0 Å². The van der Waals surface area contributed by atoms with Gasteiger partial charge in [0.1, 0.15) is 0 Å². The van der Waals surface area contributed by atoms with Crippen molar-refractivity contribution in [2.45, 2.75) is 31.8 Å².